The van der Waals surface area contributed by atoms with E-state index in [9.17, 15) is 9.18 Å². The van der Waals surface area contributed by atoms with Gasteiger partial charge in [0, 0.05) is 19.5 Å². The second-order valence-corrected chi connectivity index (χ2v) is 5.45. The van der Waals surface area contributed by atoms with Crippen LogP contribution >= 0.6 is 36.2 Å². The van der Waals surface area contributed by atoms with Crippen LogP contribution in [-0.2, 0) is 6.42 Å². The second kappa shape index (κ2) is 9.74. The van der Waals surface area contributed by atoms with Crippen molar-refractivity contribution in [3.8, 4) is 0 Å². The van der Waals surface area contributed by atoms with Gasteiger partial charge in [-0.25, -0.2) is 9.37 Å². The molecular weight excluding hydrogens is 348 g/mol. The Bertz CT molecular complexity index is 605. The predicted octanol–water partition coefficient (Wildman–Crippen LogP) is 2.71. The number of carbonyl (C=O) groups is 1. The average Bonchev–Trinajstić information content (AvgIpc) is 2.79. The smallest absolute Gasteiger partial charge is 0.263 e. The Morgan fingerprint density at radius 3 is 2.55 bits per heavy atom. The molecule has 4 nitrogen and oxygen atoms in total. The molecule has 2 aromatic rings. The summed E-state index contributed by atoms with van der Waals surface area (Å²) < 4.78 is 12.8. The molecule has 1 heterocycles. The normalized spacial score (nSPS) is 9.59. The first kappa shape index (κ1) is 20.8. The molecule has 1 aromatic heterocycles. The average molecular weight is 366 g/mol. The number of thiazole rings is 1. The summed E-state index contributed by atoms with van der Waals surface area (Å²) in [5.41, 5.74) is 7.03. The van der Waals surface area contributed by atoms with Crippen LogP contribution in [0.2, 0.25) is 0 Å². The number of nitrogens with two attached hydrogens (primary N) is 1. The van der Waals surface area contributed by atoms with Gasteiger partial charge in [-0.15, -0.1) is 36.2 Å². The molecule has 0 bridgehead atoms. The SMILES string of the molecule is Cc1nc(Cc2ccc(F)cc2)sc1C(=O)NCCN.Cl.Cl. The van der Waals surface area contributed by atoms with E-state index in [1.54, 1.807) is 12.1 Å². The van der Waals surface area contributed by atoms with Gasteiger partial charge < -0.3 is 11.1 Å². The van der Waals surface area contributed by atoms with Crippen LogP contribution in [-0.4, -0.2) is 24.0 Å². The molecule has 0 aliphatic rings. The van der Waals surface area contributed by atoms with E-state index in [-0.39, 0.29) is 36.5 Å². The van der Waals surface area contributed by atoms with Gasteiger partial charge in [-0.2, -0.15) is 0 Å². The molecule has 8 heteroatoms. The van der Waals surface area contributed by atoms with Gasteiger partial charge in [0.1, 0.15) is 10.7 Å². The van der Waals surface area contributed by atoms with Crippen LogP contribution in [0.4, 0.5) is 4.39 Å². The third-order valence-electron chi connectivity index (χ3n) is 2.75. The Morgan fingerprint density at radius 2 is 1.95 bits per heavy atom. The first-order valence-electron chi connectivity index (χ1n) is 6.29. The Morgan fingerprint density at radius 1 is 1.32 bits per heavy atom. The number of carbonyl (C=O) groups excluding carboxylic acids is 1. The highest BCUT2D eigenvalue weighted by atomic mass is 35.5. The van der Waals surface area contributed by atoms with Crippen LogP contribution in [0.3, 0.4) is 0 Å². The summed E-state index contributed by atoms with van der Waals surface area (Å²) >= 11 is 1.36. The first-order valence-corrected chi connectivity index (χ1v) is 7.11. The minimum Gasteiger partial charge on any atom is -0.350 e. The van der Waals surface area contributed by atoms with Crippen LogP contribution in [0.15, 0.2) is 24.3 Å². The van der Waals surface area contributed by atoms with Gasteiger partial charge in [-0.05, 0) is 24.6 Å². The number of nitrogens with zero attached hydrogens (tertiary/aromatic N) is 1. The molecule has 122 valence electrons. The Labute approximate surface area is 145 Å². The number of rotatable bonds is 5. The van der Waals surface area contributed by atoms with Crippen molar-refractivity contribution < 1.29 is 9.18 Å². The van der Waals surface area contributed by atoms with Crippen LogP contribution in [0.25, 0.3) is 0 Å². The lowest BCUT2D eigenvalue weighted by atomic mass is 10.1. The number of hydrogen-bond donors (Lipinski definition) is 2. The van der Waals surface area contributed by atoms with Gasteiger partial charge in [-0.3, -0.25) is 4.79 Å². The Balaban J connectivity index is 0.00000220. The largest absolute Gasteiger partial charge is 0.350 e. The molecule has 0 atom stereocenters. The molecule has 0 spiro atoms. The van der Waals surface area contributed by atoms with Gasteiger partial charge in [0.2, 0.25) is 0 Å². The van der Waals surface area contributed by atoms with E-state index in [1.165, 1.54) is 23.5 Å². The standard InChI is InChI=1S/C14H16FN3OS.2ClH/c1-9-13(14(19)17-7-6-16)20-12(18-9)8-10-2-4-11(15)5-3-10;;/h2-5H,6-8,16H2,1H3,(H,17,19);2*1H. The minimum absolute atomic E-state index is 0. The molecular formula is C14H18Cl2FN3OS. The zero-order chi connectivity index (χ0) is 14.5. The van der Waals surface area contributed by atoms with Gasteiger partial charge >= 0.3 is 0 Å². The highest BCUT2D eigenvalue weighted by Gasteiger charge is 2.14. The molecule has 22 heavy (non-hydrogen) atoms. The van der Waals surface area contributed by atoms with E-state index in [4.69, 9.17) is 5.73 Å². The van der Waals surface area contributed by atoms with Crippen molar-refractivity contribution in [1.29, 1.82) is 0 Å². The monoisotopic (exact) mass is 365 g/mol. The third-order valence-corrected chi connectivity index (χ3v) is 3.90. The fourth-order valence-electron chi connectivity index (χ4n) is 1.78. The fraction of sp³-hybridized carbons (Fsp3) is 0.286. The maximum Gasteiger partial charge on any atom is 0.263 e. The number of amides is 1. The number of hydrogen-bond acceptors (Lipinski definition) is 4. The summed E-state index contributed by atoms with van der Waals surface area (Å²) in [5, 5.41) is 3.57. The molecule has 0 saturated heterocycles. The van der Waals surface area contributed by atoms with Crippen molar-refractivity contribution in [3.63, 3.8) is 0 Å². The maximum atomic E-state index is 12.8. The van der Waals surface area contributed by atoms with Crippen molar-refractivity contribution in [2.75, 3.05) is 13.1 Å². The lowest BCUT2D eigenvalue weighted by molar-refractivity contribution is 0.0958. The van der Waals surface area contributed by atoms with Crippen molar-refractivity contribution in [1.82, 2.24) is 10.3 Å². The van der Waals surface area contributed by atoms with Crippen LogP contribution < -0.4 is 11.1 Å². The van der Waals surface area contributed by atoms with E-state index in [1.807, 2.05) is 6.92 Å². The quantitative estimate of drug-likeness (QED) is 0.855. The molecule has 0 fully saturated rings. The molecule has 2 rings (SSSR count). The third kappa shape index (κ3) is 5.53. The summed E-state index contributed by atoms with van der Waals surface area (Å²) in [6, 6.07) is 6.29. The van der Waals surface area contributed by atoms with Crippen LogP contribution in [0, 0.1) is 12.7 Å². The van der Waals surface area contributed by atoms with Crippen molar-refractivity contribution in [2.45, 2.75) is 13.3 Å². The van der Waals surface area contributed by atoms with E-state index in [0.29, 0.717) is 30.1 Å². The highest BCUT2D eigenvalue weighted by molar-refractivity contribution is 7.13. The molecule has 0 aliphatic carbocycles. The van der Waals surface area contributed by atoms with Crippen LogP contribution in [0.1, 0.15) is 25.9 Å². The molecule has 1 amide bonds. The number of aromatic nitrogens is 1. The predicted molar refractivity (Wildman–Crippen MR) is 91.9 cm³/mol. The summed E-state index contributed by atoms with van der Waals surface area (Å²) in [6.45, 7) is 2.66. The van der Waals surface area contributed by atoms with Crippen LogP contribution in [0.5, 0.6) is 0 Å². The summed E-state index contributed by atoms with van der Waals surface area (Å²) in [7, 11) is 0. The molecule has 0 saturated carbocycles. The second-order valence-electron chi connectivity index (χ2n) is 4.37. The van der Waals surface area contributed by atoms with Gasteiger partial charge in [0.25, 0.3) is 5.91 Å². The van der Waals surface area contributed by atoms with Gasteiger partial charge in [0.05, 0.1) is 10.7 Å². The summed E-state index contributed by atoms with van der Waals surface area (Å²) in [5.74, 6) is -0.401. The zero-order valence-corrected chi connectivity index (χ0v) is 14.4. The summed E-state index contributed by atoms with van der Waals surface area (Å²) in [4.78, 5) is 16.9. The van der Waals surface area contributed by atoms with E-state index >= 15 is 0 Å². The number of aryl methyl sites for hydroxylation is 1. The molecule has 0 aliphatic heterocycles. The highest BCUT2D eigenvalue weighted by Crippen LogP contribution is 2.21. The molecule has 0 radical (unpaired) electrons. The molecule has 0 unspecified atom stereocenters. The van der Waals surface area contributed by atoms with Crippen molar-refractivity contribution in [2.24, 2.45) is 5.73 Å². The zero-order valence-electron chi connectivity index (χ0n) is 12.0. The number of benzene rings is 1. The van der Waals surface area contributed by atoms with Crippen molar-refractivity contribution in [3.05, 3.63) is 51.2 Å². The minimum atomic E-state index is -0.258. The number of halogens is 3. The van der Waals surface area contributed by atoms with E-state index < -0.39 is 0 Å². The van der Waals surface area contributed by atoms with E-state index in [0.717, 1.165) is 10.6 Å². The van der Waals surface area contributed by atoms with Gasteiger partial charge in [0.15, 0.2) is 0 Å². The topological polar surface area (TPSA) is 68.0 Å². The van der Waals surface area contributed by atoms with Crippen molar-refractivity contribution >= 4 is 42.1 Å². The Kier molecular flexibility index (Phi) is 9.20. The van der Waals surface area contributed by atoms with Gasteiger partial charge in [-0.1, -0.05) is 12.1 Å². The number of nitrogens with one attached hydrogen (secondary N) is 1. The Hall–Kier alpha value is -1.21. The molecule has 1 aromatic carbocycles. The summed E-state index contributed by atoms with van der Waals surface area (Å²) in [6.07, 6.45) is 0.593. The maximum absolute atomic E-state index is 12.8. The lowest BCUT2D eigenvalue weighted by Crippen LogP contribution is -2.28. The molecule has 3 N–H and O–H groups in total. The lowest BCUT2D eigenvalue weighted by Gasteiger charge is -2.00. The van der Waals surface area contributed by atoms with E-state index in [2.05, 4.69) is 10.3 Å². The first-order chi connectivity index (χ1) is 9.60. The fourth-order valence-corrected chi connectivity index (χ4v) is 2.80.